The number of terminal acetylenes is 1. The van der Waals surface area contributed by atoms with E-state index in [0.29, 0.717) is 178 Å². The van der Waals surface area contributed by atoms with Crippen LogP contribution in [0.2, 0.25) is 0 Å². The Labute approximate surface area is 263 Å². The Morgan fingerprint density at radius 3 is 0.605 bits per heavy atom. The normalized spacial score (nSPS) is 11.3. The zero-order valence-electron chi connectivity index (χ0n) is 25.9. The average Bonchev–Trinajstić information content (AvgIpc) is 3.02. The molecule has 0 aromatic heterocycles. The van der Waals surface area contributed by atoms with E-state index in [2.05, 4.69) is 5.92 Å². The number of ether oxygens (including phenoxy) is 13. The van der Waals surface area contributed by atoms with Crippen molar-refractivity contribution in [3.05, 3.63) is 0 Å². The highest BCUT2D eigenvalue weighted by atomic mass is 35.5. The van der Waals surface area contributed by atoms with Gasteiger partial charge in [0.1, 0.15) is 6.61 Å². The first kappa shape index (κ1) is 42.3. The molecule has 0 saturated heterocycles. The van der Waals surface area contributed by atoms with Crippen LogP contribution in [0.4, 0.5) is 0 Å². The monoisotopic (exact) mass is 646 g/mol. The summed E-state index contributed by atoms with van der Waals surface area (Å²) in [5, 5.41) is 0. The number of halogens is 1. The lowest BCUT2D eigenvalue weighted by Crippen LogP contribution is -2.15. The molecular weight excluding hydrogens is 592 g/mol. The van der Waals surface area contributed by atoms with Gasteiger partial charge in [0.05, 0.1) is 165 Å². The fourth-order valence-corrected chi connectivity index (χ4v) is 2.93. The lowest BCUT2D eigenvalue weighted by molar-refractivity contribution is -0.0288. The molecule has 0 bridgehead atoms. The van der Waals surface area contributed by atoms with Crippen molar-refractivity contribution in [2.45, 2.75) is 0 Å². The Kier molecular flexibility index (Phi) is 40.7. The van der Waals surface area contributed by atoms with Crippen LogP contribution in [0.3, 0.4) is 0 Å². The van der Waals surface area contributed by atoms with E-state index < -0.39 is 0 Å². The summed E-state index contributed by atoms with van der Waals surface area (Å²) >= 11 is 5.51. The molecule has 0 aliphatic heterocycles. The molecule has 0 aromatic rings. The molecule has 0 aliphatic carbocycles. The molecule has 0 rings (SSSR count). The predicted octanol–water partition coefficient (Wildman–Crippen LogP) is 1.07. The number of alkyl halides is 1. The van der Waals surface area contributed by atoms with Crippen molar-refractivity contribution < 1.29 is 61.6 Å². The lowest BCUT2D eigenvalue weighted by Gasteiger charge is -2.09. The van der Waals surface area contributed by atoms with Crippen molar-refractivity contribution in [2.75, 3.05) is 178 Å². The summed E-state index contributed by atoms with van der Waals surface area (Å²) < 4.78 is 70.0. The van der Waals surface area contributed by atoms with Gasteiger partial charge in [-0.15, -0.1) is 18.0 Å². The van der Waals surface area contributed by atoms with Crippen LogP contribution in [0, 0.1) is 12.3 Å². The summed E-state index contributed by atoms with van der Waals surface area (Å²) in [6, 6.07) is 0. The van der Waals surface area contributed by atoms with Gasteiger partial charge in [0.15, 0.2) is 0 Å². The molecule has 14 heteroatoms. The minimum absolute atomic E-state index is 0.307. The molecule has 0 fully saturated rings. The Bertz CT molecular complexity index is 543. The topological polar surface area (TPSA) is 120 Å². The van der Waals surface area contributed by atoms with Gasteiger partial charge in [0.25, 0.3) is 0 Å². The van der Waals surface area contributed by atoms with Crippen LogP contribution in [0.5, 0.6) is 0 Å². The van der Waals surface area contributed by atoms with Crippen LogP contribution in [-0.2, 0) is 61.6 Å². The highest BCUT2D eigenvalue weighted by molar-refractivity contribution is 6.17. The summed E-state index contributed by atoms with van der Waals surface area (Å²) in [6.07, 6.45) is 5.08. The van der Waals surface area contributed by atoms with Crippen LogP contribution >= 0.6 is 11.6 Å². The molecule has 256 valence electrons. The summed E-state index contributed by atoms with van der Waals surface area (Å²) in [4.78, 5) is 0. The van der Waals surface area contributed by atoms with E-state index in [1.807, 2.05) is 0 Å². The molecule has 0 unspecified atom stereocenters. The van der Waals surface area contributed by atoms with E-state index in [1.165, 1.54) is 0 Å². The largest absolute Gasteiger partial charge is 0.378 e. The second-order valence-corrected chi connectivity index (χ2v) is 8.67. The maximum Gasteiger partial charge on any atom is 0.107 e. The average molecular weight is 647 g/mol. The fraction of sp³-hybridized carbons (Fsp3) is 0.931. The minimum atomic E-state index is 0.307. The first-order valence-corrected chi connectivity index (χ1v) is 15.4. The Morgan fingerprint density at radius 1 is 0.279 bits per heavy atom. The summed E-state index contributed by atoms with van der Waals surface area (Å²) in [7, 11) is 0. The number of hydrogen-bond acceptors (Lipinski definition) is 13. The number of hydrogen-bond donors (Lipinski definition) is 0. The smallest absolute Gasteiger partial charge is 0.107 e. The van der Waals surface area contributed by atoms with Gasteiger partial charge in [0.2, 0.25) is 0 Å². The zero-order valence-corrected chi connectivity index (χ0v) is 26.6. The highest BCUT2D eigenvalue weighted by Gasteiger charge is 1.96. The minimum Gasteiger partial charge on any atom is -0.378 e. The van der Waals surface area contributed by atoms with Gasteiger partial charge in [-0.3, -0.25) is 0 Å². The molecule has 0 N–H and O–H groups in total. The molecule has 0 heterocycles. The van der Waals surface area contributed by atoms with Crippen molar-refractivity contribution in [1.29, 1.82) is 0 Å². The molecule has 13 nitrogen and oxygen atoms in total. The zero-order chi connectivity index (χ0) is 31.0. The standard InChI is InChI=1S/C29H55ClO13/c1-2-4-31-6-8-33-10-12-35-14-16-37-18-20-39-22-24-41-26-28-43-29-27-42-25-23-40-21-19-38-17-15-36-13-11-34-9-7-32-5-3-30/h1H,3-29H2. The van der Waals surface area contributed by atoms with E-state index >= 15 is 0 Å². The lowest BCUT2D eigenvalue weighted by atomic mass is 10.6. The van der Waals surface area contributed by atoms with Crippen LogP contribution < -0.4 is 0 Å². The first-order chi connectivity index (χ1) is 21.4. The van der Waals surface area contributed by atoms with Crippen molar-refractivity contribution in [3.63, 3.8) is 0 Å². The maximum absolute atomic E-state index is 5.51. The maximum atomic E-state index is 5.51. The number of rotatable bonds is 39. The predicted molar refractivity (Wildman–Crippen MR) is 160 cm³/mol. The SMILES string of the molecule is C#CCOCCOCCOCCOCCOCCOCCOCCOCCOCCOCCOCCOCCOCCCl. The van der Waals surface area contributed by atoms with Gasteiger partial charge in [-0.25, -0.2) is 0 Å². The Morgan fingerprint density at radius 2 is 0.442 bits per heavy atom. The van der Waals surface area contributed by atoms with Crippen LogP contribution in [0.1, 0.15) is 0 Å². The Hall–Kier alpha value is -0.670. The highest BCUT2D eigenvalue weighted by Crippen LogP contribution is 1.87. The molecule has 0 radical (unpaired) electrons. The van der Waals surface area contributed by atoms with E-state index in [1.54, 1.807) is 0 Å². The van der Waals surface area contributed by atoms with Crippen LogP contribution in [0.25, 0.3) is 0 Å². The molecule has 0 aliphatic rings. The second kappa shape index (κ2) is 41.3. The quantitative estimate of drug-likeness (QED) is 0.0539. The molecular formula is C29H55ClO13. The molecule has 0 amide bonds. The van der Waals surface area contributed by atoms with E-state index in [-0.39, 0.29) is 0 Å². The van der Waals surface area contributed by atoms with Crippen molar-refractivity contribution in [2.24, 2.45) is 0 Å². The summed E-state index contributed by atoms with van der Waals surface area (Å²) in [5.41, 5.74) is 0. The van der Waals surface area contributed by atoms with Gasteiger partial charge >= 0.3 is 0 Å². The van der Waals surface area contributed by atoms with Crippen molar-refractivity contribution in [3.8, 4) is 12.3 Å². The van der Waals surface area contributed by atoms with Gasteiger partial charge in [-0.2, -0.15) is 0 Å². The van der Waals surface area contributed by atoms with Crippen molar-refractivity contribution in [1.82, 2.24) is 0 Å². The van der Waals surface area contributed by atoms with E-state index in [4.69, 9.17) is 79.6 Å². The van der Waals surface area contributed by atoms with Crippen LogP contribution in [0.15, 0.2) is 0 Å². The fourth-order valence-electron chi connectivity index (χ4n) is 2.82. The third-order valence-corrected chi connectivity index (χ3v) is 5.03. The van der Waals surface area contributed by atoms with Gasteiger partial charge in [-0.05, 0) is 0 Å². The van der Waals surface area contributed by atoms with E-state index in [9.17, 15) is 0 Å². The molecule has 43 heavy (non-hydrogen) atoms. The molecule has 0 atom stereocenters. The molecule has 0 aromatic carbocycles. The summed E-state index contributed by atoms with van der Waals surface area (Å²) in [6.45, 7) is 13.2. The second-order valence-electron chi connectivity index (χ2n) is 8.29. The summed E-state index contributed by atoms with van der Waals surface area (Å²) in [5.74, 6) is 2.89. The Balaban J connectivity index is 3.03. The van der Waals surface area contributed by atoms with E-state index in [0.717, 1.165) is 0 Å². The molecule has 0 spiro atoms. The third kappa shape index (κ3) is 41.3. The van der Waals surface area contributed by atoms with Crippen LogP contribution in [-0.4, -0.2) is 178 Å². The van der Waals surface area contributed by atoms with Gasteiger partial charge in [-0.1, -0.05) is 5.92 Å². The van der Waals surface area contributed by atoms with Gasteiger partial charge < -0.3 is 61.6 Å². The van der Waals surface area contributed by atoms with Gasteiger partial charge in [0, 0.05) is 5.88 Å². The third-order valence-electron chi connectivity index (χ3n) is 4.87. The van der Waals surface area contributed by atoms with Crippen molar-refractivity contribution >= 4 is 11.6 Å². The molecule has 0 saturated carbocycles. The first-order valence-electron chi connectivity index (χ1n) is 14.9.